The van der Waals surface area contributed by atoms with Crippen LogP contribution in [0.25, 0.3) is 0 Å². The van der Waals surface area contributed by atoms with Crippen molar-refractivity contribution in [2.45, 2.75) is 103 Å². The molecule has 2 heterocycles. The van der Waals surface area contributed by atoms with Gasteiger partial charge in [0.15, 0.2) is 11.9 Å². The molecule has 1 aromatic heterocycles. The third kappa shape index (κ3) is 9.61. The molecule has 1 saturated carbocycles. The van der Waals surface area contributed by atoms with E-state index in [2.05, 4.69) is 15.3 Å². The van der Waals surface area contributed by atoms with E-state index >= 15 is 0 Å². The molecule has 1 saturated heterocycles. The van der Waals surface area contributed by atoms with E-state index in [1.165, 1.54) is 12.1 Å². The molecule has 2 aliphatic rings. The van der Waals surface area contributed by atoms with Gasteiger partial charge in [-0.25, -0.2) is 9.79 Å². The zero-order valence-corrected chi connectivity index (χ0v) is 27.9. The number of aromatic amines is 1. The topological polar surface area (TPSA) is 248 Å². The lowest BCUT2D eigenvalue weighted by atomic mass is 9.87. The van der Waals surface area contributed by atoms with Crippen molar-refractivity contribution in [3.63, 3.8) is 0 Å². The number of aliphatic hydroxyl groups excluding tert-OH is 1. The van der Waals surface area contributed by atoms with E-state index in [9.17, 15) is 29.5 Å². The smallest absolute Gasteiger partial charge is 0.415 e. The van der Waals surface area contributed by atoms with Crippen LogP contribution in [0.15, 0.2) is 17.1 Å². The molecule has 2 fully saturated rings. The van der Waals surface area contributed by atoms with Crippen LogP contribution in [0, 0.1) is 34.0 Å². The number of ether oxygens (including phenoxy) is 5. The standard InChI is InChI=1S/C32H46N6O10/c1-18(2)24(35)28(41)47-25-21(14-44-23(39)13-19-9-7-6-8-10-19)48-32(15-33,26(25)40)22-12-11-20(37-22)27(36-16-34)38-30(43)46-17-45-29(42)31(3,4)5/h11-12,16,18-19,21,24-26,37,40H,6-10,13-14,17,35H2,1-5H3,(H2,34,36,38,43)/t21-,24+,25-,26-,32+/m1/s1. The normalized spacial score (nSPS) is 23.9. The number of nitrogens with zero attached hydrogens (tertiary/aromatic N) is 2. The zero-order chi connectivity index (χ0) is 35.6. The van der Waals surface area contributed by atoms with Crippen LogP contribution in [-0.4, -0.2) is 84.0 Å². The molecule has 0 aromatic carbocycles. The molecule has 3 rings (SSSR count). The summed E-state index contributed by atoms with van der Waals surface area (Å²) in [5, 5.41) is 31.6. The van der Waals surface area contributed by atoms with E-state index in [0.717, 1.165) is 32.1 Å². The molecule has 16 heteroatoms. The van der Waals surface area contributed by atoms with Gasteiger partial charge in [-0.2, -0.15) is 5.26 Å². The lowest BCUT2D eigenvalue weighted by Gasteiger charge is -2.25. The van der Waals surface area contributed by atoms with Gasteiger partial charge in [0.2, 0.25) is 12.4 Å². The summed E-state index contributed by atoms with van der Waals surface area (Å²) < 4.78 is 26.9. The Hall–Kier alpha value is -4.33. The summed E-state index contributed by atoms with van der Waals surface area (Å²) in [6.07, 6.45) is 0.381. The van der Waals surface area contributed by atoms with Crippen molar-refractivity contribution >= 4 is 36.2 Å². The Kier molecular flexibility index (Phi) is 13.2. The number of rotatable bonds is 12. The van der Waals surface area contributed by atoms with Gasteiger partial charge < -0.3 is 39.5 Å². The van der Waals surface area contributed by atoms with Gasteiger partial charge >= 0.3 is 24.0 Å². The van der Waals surface area contributed by atoms with Crippen LogP contribution in [0.1, 0.15) is 84.5 Å². The molecule has 264 valence electrons. The highest BCUT2D eigenvalue weighted by Crippen LogP contribution is 2.41. The molecule has 1 amide bonds. The van der Waals surface area contributed by atoms with Crippen LogP contribution in [0.5, 0.6) is 0 Å². The summed E-state index contributed by atoms with van der Waals surface area (Å²) in [4.78, 5) is 56.5. The molecule has 5 atom stereocenters. The van der Waals surface area contributed by atoms with Crippen molar-refractivity contribution in [3.8, 4) is 6.07 Å². The fraction of sp³-hybridized carbons (Fsp3) is 0.656. The highest BCUT2D eigenvalue weighted by molar-refractivity contribution is 6.07. The monoisotopic (exact) mass is 674 g/mol. The Morgan fingerprint density at radius 1 is 1.21 bits per heavy atom. The van der Waals surface area contributed by atoms with Crippen molar-refractivity contribution in [3.05, 3.63) is 23.5 Å². The van der Waals surface area contributed by atoms with Gasteiger partial charge in [-0.05, 0) is 57.6 Å². The van der Waals surface area contributed by atoms with Crippen molar-refractivity contribution in [2.75, 3.05) is 13.4 Å². The van der Waals surface area contributed by atoms with E-state index in [1.54, 1.807) is 34.6 Å². The van der Waals surface area contributed by atoms with Gasteiger partial charge in [0.25, 0.3) is 0 Å². The lowest BCUT2D eigenvalue weighted by molar-refractivity contribution is -0.163. The number of amides is 1. The number of nitriles is 1. The van der Waals surface area contributed by atoms with Gasteiger partial charge in [0.05, 0.1) is 16.8 Å². The number of alkyl carbamates (subject to hydrolysis) is 1. The number of aliphatic imine (C=N–C) groups is 1. The molecule has 0 radical (unpaired) electrons. The Morgan fingerprint density at radius 2 is 1.90 bits per heavy atom. The fourth-order valence-corrected chi connectivity index (χ4v) is 5.27. The summed E-state index contributed by atoms with van der Waals surface area (Å²) in [6, 6.07) is 3.67. The number of aliphatic hydroxyl groups is 1. The molecular formula is C32H46N6O10. The second kappa shape index (κ2) is 16.7. The minimum atomic E-state index is -2.16. The third-order valence-corrected chi connectivity index (χ3v) is 8.18. The van der Waals surface area contributed by atoms with Crippen LogP contribution in [-0.2, 0) is 43.7 Å². The highest BCUT2D eigenvalue weighted by atomic mass is 16.7. The number of hydrogen-bond donors (Lipinski definition) is 5. The van der Waals surface area contributed by atoms with Crippen LogP contribution < -0.4 is 11.1 Å². The molecule has 48 heavy (non-hydrogen) atoms. The van der Waals surface area contributed by atoms with Crippen LogP contribution in [0.2, 0.25) is 0 Å². The van der Waals surface area contributed by atoms with Crippen molar-refractivity contribution in [2.24, 2.45) is 28.0 Å². The summed E-state index contributed by atoms with van der Waals surface area (Å²) in [5.74, 6) is -2.22. The lowest BCUT2D eigenvalue weighted by Crippen LogP contribution is -2.46. The van der Waals surface area contributed by atoms with Crippen LogP contribution in [0.4, 0.5) is 4.79 Å². The Bertz CT molecular complexity index is 1390. The number of carbonyl (C=O) groups excluding carboxylic acids is 4. The first-order valence-corrected chi connectivity index (χ1v) is 15.9. The molecule has 1 aromatic rings. The average Bonchev–Trinajstić information content (AvgIpc) is 3.63. The largest absolute Gasteiger partial charge is 0.463 e. The maximum atomic E-state index is 12.9. The number of nitrogens with one attached hydrogen (secondary N) is 3. The Morgan fingerprint density at radius 3 is 2.50 bits per heavy atom. The number of amidine groups is 1. The predicted molar refractivity (Wildman–Crippen MR) is 169 cm³/mol. The Labute approximate surface area is 279 Å². The second-order valence-corrected chi connectivity index (χ2v) is 13.3. The maximum absolute atomic E-state index is 12.9. The van der Waals surface area contributed by atoms with E-state index in [-0.39, 0.29) is 35.5 Å². The fourth-order valence-electron chi connectivity index (χ4n) is 5.27. The van der Waals surface area contributed by atoms with Crippen molar-refractivity contribution < 1.29 is 48.0 Å². The first-order chi connectivity index (χ1) is 22.6. The van der Waals surface area contributed by atoms with Gasteiger partial charge in [0.1, 0.15) is 37.3 Å². The molecule has 0 unspecified atom stereocenters. The molecule has 1 aliphatic heterocycles. The summed E-state index contributed by atoms with van der Waals surface area (Å²) in [6.45, 7) is 7.23. The molecule has 16 nitrogen and oxygen atoms in total. The SMILES string of the molecule is CC(C)[C@H](N)C(=O)O[C@H]1[C@@H](O)[C@](C#N)(c2ccc(/C(=N\C=N)NC(=O)OCOC(=O)C(C)(C)C)[nH]2)O[C@@H]1COC(=O)CC1CCCCC1. The first-order valence-electron chi connectivity index (χ1n) is 15.9. The number of H-pyrrole nitrogens is 1. The molecule has 0 bridgehead atoms. The van der Waals surface area contributed by atoms with E-state index in [4.69, 9.17) is 34.8 Å². The molecule has 1 aliphatic carbocycles. The third-order valence-electron chi connectivity index (χ3n) is 8.18. The summed E-state index contributed by atoms with van der Waals surface area (Å²) in [5.41, 5.74) is 3.05. The van der Waals surface area contributed by atoms with Gasteiger partial charge in [-0.3, -0.25) is 25.1 Å². The second-order valence-electron chi connectivity index (χ2n) is 13.3. The number of nitrogens with two attached hydrogens (primary N) is 1. The first kappa shape index (κ1) is 38.1. The van der Waals surface area contributed by atoms with Gasteiger partial charge in [0, 0.05) is 6.42 Å². The minimum absolute atomic E-state index is 0.0234. The van der Waals surface area contributed by atoms with Crippen molar-refractivity contribution in [1.29, 1.82) is 10.7 Å². The number of hydrogen-bond acceptors (Lipinski definition) is 13. The molecular weight excluding hydrogens is 628 g/mol. The van der Waals surface area contributed by atoms with Crippen LogP contribution in [0.3, 0.4) is 0 Å². The number of esters is 3. The molecule has 0 spiro atoms. The summed E-state index contributed by atoms with van der Waals surface area (Å²) >= 11 is 0. The number of carbonyl (C=O) groups is 4. The quantitative estimate of drug-likeness (QED) is 0.0705. The van der Waals surface area contributed by atoms with Crippen LogP contribution >= 0.6 is 0 Å². The predicted octanol–water partition coefficient (Wildman–Crippen LogP) is 2.53. The van der Waals surface area contributed by atoms with Crippen molar-refractivity contribution in [1.82, 2.24) is 10.3 Å². The maximum Gasteiger partial charge on any atom is 0.415 e. The number of aromatic nitrogens is 1. The highest BCUT2D eigenvalue weighted by Gasteiger charge is 2.59. The Balaban J connectivity index is 1.80. The van der Waals surface area contributed by atoms with E-state index < -0.39 is 72.8 Å². The zero-order valence-electron chi connectivity index (χ0n) is 27.9. The van der Waals surface area contributed by atoms with Gasteiger partial charge in [-0.1, -0.05) is 33.1 Å². The molecule has 6 N–H and O–H groups in total. The van der Waals surface area contributed by atoms with Gasteiger partial charge in [-0.15, -0.1) is 0 Å². The van der Waals surface area contributed by atoms with E-state index in [0.29, 0.717) is 6.34 Å². The minimum Gasteiger partial charge on any atom is -0.463 e. The average molecular weight is 675 g/mol. The van der Waals surface area contributed by atoms with E-state index in [1.807, 2.05) is 6.07 Å². The summed E-state index contributed by atoms with van der Waals surface area (Å²) in [7, 11) is 0.